The van der Waals surface area contributed by atoms with Crippen LogP contribution in [0.2, 0.25) is 0 Å². The third-order valence-electron chi connectivity index (χ3n) is 3.41. The molecule has 1 heterocycles. The van der Waals surface area contributed by atoms with Crippen molar-refractivity contribution in [2.75, 3.05) is 0 Å². The summed E-state index contributed by atoms with van der Waals surface area (Å²) in [6.45, 7) is 7.42. The Balaban J connectivity index is 2.37. The number of aryl methyl sites for hydroxylation is 2. The summed E-state index contributed by atoms with van der Waals surface area (Å²) >= 11 is 0. The Bertz CT molecular complexity index is 738. The molecule has 0 aliphatic heterocycles. The molecule has 0 saturated carbocycles. The van der Waals surface area contributed by atoms with E-state index in [1.54, 1.807) is 31.5 Å². The Kier molecular flexibility index (Phi) is 4.16. The van der Waals surface area contributed by atoms with E-state index >= 15 is 0 Å². The summed E-state index contributed by atoms with van der Waals surface area (Å²) in [6, 6.07) is 8.94. The predicted molar refractivity (Wildman–Crippen MR) is 83.5 cm³/mol. The number of nitrogens with one attached hydrogen (secondary N) is 1. The number of hydrogen-bond acceptors (Lipinski definition) is 3. The average Bonchev–Trinajstić information content (AvgIpc) is 2.38. The van der Waals surface area contributed by atoms with E-state index < -0.39 is 15.6 Å². The van der Waals surface area contributed by atoms with Gasteiger partial charge in [0, 0.05) is 12.4 Å². The van der Waals surface area contributed by atoms with Gasteiger partial charge in [-0.1, -0.05) is 17.7 Å². The van der Waals surface area contributed by atoms with Gasteiger partial charge in [0.1, 0.15) is 0 Å². The van der Waals surface area contributed by atoms with E-state index in [1.807, 2.05) is 39.0 Å². The lowest BCUT2D eigenvalue weighted by Gasteiger charge is -2.26. The van der Waals surface area contributed by atoms with Gasteiger partial charge >= 0.3 is 0 Å². The van der Waals surface area contributed by atoms with Crippen LogP contribution in [0, 0.1) is 13.8 Å². The van der Waals surface area contributed by atoms with Gasteiger partial charge in [-0.2, -0.15) is 0 Å². The summed E-state index contributed by atoms with van der Waals surface area (Å²) in [7, 11) is -3.58. The van der Waals surface area contributed by atoms with Crippen LogP contribution in [-0.4, -0.2) is 13.4 Å². The number of rotatable bonds is 4. The topological polar surface area (TPSA) is 59.1 Å². The van der Waals surface area contributed by atoms with Crippen LogP contribution in [0.5, 0.6) is 0 Å². The van der Waals surface area contributed by atoms with Crippen LogP contribution in [-0.2, 0) is 15.6 Å². The fourth-order valence-corrected chi connectivity index (χ4v) is 3.95. The molecular weight excluding hydrogens is 284 g/mol. The molecule has 21 heavy (non-hydrogen) atoms. The van der Waals surface area contributed by atoms with Crippen molar-refractivity contribution in [1.82, 2.24) is 9.71 Å². The summed E-state index contributed by atoms with van der Waals surface area (Å²) in [4.78, 5) is 4.28. The molecule has 1 aromatic carbocycles. The smallest absolute Gasteiger partial charge is 0.241 e. The Morgan fingerprint density at radius 3 is 2.24 bits per heavy atom. The second-order valence-corrected chi connectivity index (χ2v) is 7.39. The van der Waals surface area contributed by atoms with Crippen molar-refractivity contribution in [1.29, 1.82) is 0 Å². The number of pyridine rings is 1. The first kappa shape index (κ1) is 15.7. The molecule has 0 radical (unpaired) electrons. The van der Waals surface area contributed by atoms with Crippen molar-refractivity contribution in [2.24, 2.45) is 0 Å². The van der Waals surface area contributed by atoms with E-state index in [0.717, 1.165) is 16.7 Å². The molecule has 0 fully saturated rings. The number of hydrogen-bond donors (Lipinski definition) is 1. The second kappa shape index (κ2) is 5.58. The highest BCUT2D eigenvalue weighted by molar-refractivity contribution is 7.89. The summed E-state index contributed by atoms with van der Waals surface area (Å²) in [6.07, 6.45) is 3.31. The predicted octanol–water partition coefficient (Wildman–Crippen LogP) is 2.91. The lowest BCUT2D eigenvalue weighted by atomic mass is 9.97. The van der Waals surface area contributed by atoms with E-state index in [0.29, 0.717) is 4.90 Å². The zero-order valence-corrected chi connectivity index (χ0v) is 13.5. The van der Waals surface area contributed by atoms with Crippen molar-refractivity contribution in [3.05, 3.63) is 59.4 Å². The zero-order valence-electron chi connectivity index (χ0n) is 12.7. The van der Waals surface area contributed by atoms with Gasteiger partial charge < -0.3 is 0 Å². The number of aromatic nitrogens is 1. The van der Waals surface area contributed by atoms with Crippen LogP contribution in [0.3, 0.4) is 0 Å². The van der Waals surface area contributed by atoms with Crippen LogP contribution in [0.1, 0.15) is 30.5 Å². The molecule has 2 rings (SSSR count). The van der Waals surface area contributed by atoms with Crippen LogP contribution in [0.25, 0.3) is 0 Å². The van der Waals surface area contributed by atoms with E-state index in [1.165, 1.54) is 0 Å². The minimum Gasteiger partial charge on any atom is -0.265 e. The largest absolute Gasteiger partial charge is 0.265 e. The Labute approximate surface area is 126 Å². The quantitative estimate of drug-likeness (QED) is 0.945. The molecule has 0 spiro atoms. The van der Waals surface area contributed by atoms with Crippen LogP contribution < -0.4 is 4.72 Å². The normalized spacial score (nSPS) is 12.4. The second-order valence-electron chi connectivity index (χ2n) is 5.74. The first-order valence-corrected chi connectivity index (χ1v) is 8.22. The van der Waals surface area contributed by atoms with Crippen molar-refractivity contribution < 1.29 is 8.42 Å². The van der Waals surface area contributed by atoms with Gasteiger partial charge in [0.25, 0.3) is 0 Å². The molecule has 112 valence electrons. The highest BCUT2D eigenvalue weighted by atomic mass is 32.2. The number of benzene rings is 1. The summed E-state index contributed by atoms with van der Waals surface area (Å²) in [5.41, 5.74) is 1.94. The summed E-state index contributed by atoms with van der Waals surface area (Å²) < 4.78 is 28.0. The van der Waals surface area contributed by atoms with Gasteiger partial charge in [-0.15, -0.1) is 0 Å². The van der Waals surface area contributed by atoms with Crippen molar-refractivity contribution >= 4 is 10.0 Å². The molecule has 2 aromatic rings. The van der Waals surface area contributed by atoms with Gasteiger partial charge in [0.05, 0.1) is 10.4 Å². The molecule has 1 aromatic heterocycles. The number of nitrogens with zero attached hydrogens (tertiary/aromatic N) is 1. The summed E-state index contributed by atoms with van der Waals surface area (Å²) in [5, 5.41) is 0. The molecule has 0 bridgehead atoms. The monoisotopic (exact) mass is 304 g/mol. The maximum Gasteiger partial charge on any atom is 0.241 e. The maximum absolute atomic E-state index is 12.6. The van der Waals surface area contributed by atoms with Crippen LogP contribution in [0.15, 0.2) is 47.6 Å². The highest BCUT2D eigenvalue weighted by Gasteiger charge is 2.28. The molecule has 5 heteroatoms. The SMILES string of the molecule is Cc1ccc(S(=O)(=O)NC(C)(C)c2ccncc2)c(C)c1. The van der Waals surface area contributed by atoms with E-state index in [2.05, 4.69) is 9.71 Å². The third kappa shape index (κ3) is 3.49. The van der Waals surface area contributed by atoms with Gasteiger partial charge in [-0.25, -0.2) is 13.1 Å². The summed E-state index contributed by atoms with van der Waals surface area (Å²) in [5.74, 6) is 0. The minimum atomic E-state index is -3.58. The molecule has 0 aliphatic carbocycles. The highest BCUT2D eigenvalue weighted by Crippen LogP contribution is 2.24. The maximum atomic E-state index is 12.6. The van der Waals surface area contributed by atoms with Gasteiger partial charge in [-0.3, -0.25) is 4.98 Å². The zero-order chi connectivity index (χ0) is 15.7. The third-order valence-corrected chi connectivity index (χ3v) is 5.23. The van der Waals surface area contributed by atoms with E-state index in [4.69, 9.17) is 0 Å². The molecule has 4 nitrogen and oxygen atoms in total. The molecule has 1 N–H and O–H groups in total. The number of sulfonamides is 1. The van der Waals surface area contributed by atoms with Crippen LogP contribution >= 0.6 is 0 Å². The first-order valence-electron chi connectivity index (χ1n) is 6.74. The lowest BCUT2D eigenvalue weighted by Crippen LogP contribution is -2.41. The van der Waals surface area contributed by atoms with Crippen molar-refractivity contribution in [3.8, 4) is 0 Å². The van der Waals surface area contributed by atoms with Crippen molar-refractivity contribution in [2.45, 2.75) is 38.1 Å². The van der Waals surface area contributed by atoms with E-state index in [-0.39, 0.29) is 0 Å². The molecule has 0 saturated heterocycles. The van der Waals surface area contributed by atoms with Crippen molar-refractivity contribution in [3.63, 3.8) is 0 Å². The lowest BCUT2D eigenvalue weighted by molar-refractivity contribution is 0.471. The molecular formula is C16H20N2O2S. The molecule has 0 unspecified atom stereocenters. The Morgan fingerprint density at radius 2 is 1.67 bits per heavy atom. The minimum absolute atomic E-state index is 0.315. The standard InChI is InChI=1S/C16H20N2O2S/c1-12-5-6-15(13(2)11-12)21(19,20)18-16(3,4)14-7-9-17-10-8-14/h5-11,18H,1-4H3. The van der Waals surface area contributed by atoms with Crippen LogP contribution in [0.4, 0.5) is 0 Å². The average molecular weight is 304 g/mol. The molecule has 0 atom stereocenters. The Hall–Kier alpha value is -1.72. The fraction of sp³-hybridized carbons (Fsp3) is 0.312. The van der Waals surface area contributed by atoms with E-state index in [9.17, 15) is 8.42 Å². The van der Waals surface area contributed by atoms with Gasteiger partial charge in [0.15, 0.2) is 0 Å². The fourth-order valence-electron chi connectivity index (χ4n) is 2.32. The first-order chi connectivity index (χ1) is 9.72. The van der Waals surface area contributed by atoms with Gasteiger partial charge in [0.2, 0.25) is 10.0 Å². The molecule has 0 amide bonds. The van der Waals surface area contributed by atoms with Gasteiger partial charge in [-0.05, 0) is 57.0 Å². The Morgan fingerprint density at radius 1 is 1.05 bits per heavy atom. The molecule has 0 aliphatic rings.